The first-order chi connectivity index (χ1) is 8.15. The first-order valence-corrected chi connectivity index (χ1v) is 5.30. The van der Waals surface area contributed by atoms with E-state index in [0.717, 1.165) is 22.4 Å². The number of nitrogens with zero attached hydrogens (tertiary/aromatic N) is 1. The number of allylic oxidation sites excluding steroid dienone is 8. The fraction of sp³-hybridized carbons (Fsp3) is 0.125. The lowest BCUT2D eigenvalue weighted by atomic mass is 9.96. The van der Waals surface area contributed by atoms with Crippen LogP contribution in [0.5, 0.6) is 0 Å². The van der Waals surface area contributed by atoms with Crippen molar-refractivity contribution in [2.24, 2.45) is 4.99 Å². The van der Waals surface area contributed by atoms with Crippen LogP contribution in [0.1, 0.15) is 6.92 Å². The third-order valence-corrected chi connectivity index (χ3v) is 2.18. The zero-order valence-corrected chi connectivity index (χ0v) is 10.7. The second-order valence-electron chi connectivity index (χ2n) is 3.21. The summed E-state index contributed by atoms with van der Waals surface area (Å²) in [6, 6.07) is 0. The van der Waals surface area contributed by atoms with Gasteiger partial charge in [-0.2, -0.15) is 0 Å². The third-order valence-electron chi connectivity index (χ3n) is 2.18. The van der Waals surface area contributed by atoms with Gasteiger partial charge in [-0.25, -0.2) is 0 Å². The summed E-state index contributed by atoms with van der Waals surface area (Å²) in [7, 11) is 1.74. The van der Waals surface area contributed by atoms with Crippen molar-refractivity contribution in [1.29, 1.82) is 0 Å². The van der Waals surface area contributed by atoms with Crippen LogP contribution in [-0.2, 0) is 0 Å². The lowest BCUT2D eigenvalue weighted by molar-refractivity contribution is 1.40. The maximum Gasteiger partial charge on any atom is 0.0717 e. The van der Waals surface area contributed by atoms with Crippen LogP contribution in [0, 0.1) is 0 Å². The van der Waals surface area contributed by atoms with Gasteiger partial charge in [0, 0.05) is 12.6 Å². The molecule has 17 heavy (non-hydrogen) atoms. The summed E-state index contributed by atoms with van der Waals surface area (Å²) in [6.45, 7) is 16.9. The molecule has 0 aliphatic carbocycles. The second kappa shape index (κ2) is 8.09. The summed E-state index contributed by atoms with van der Waals surface area (Å²) >= 11 is 0. The predicted octanol–water partition coefficient (Wildman–Crippen LogP) is 4.20. The van der Waals surface area contributed by atoms with Crippen LogP contribution >= 0.6 is 0 Å². The molecule has 0 fully saturated rings. The van der Waals surface area contributed by atoms with Crippen LogP contribution in [0.3, 0.4) is 0 Å². The smallest absolute Gasteiger partial charge is 0.0717 e. The molecule has 0 aliphatic rings. The second-order valence-corrected chi connectivity index (χ2v) is 3.21. The predicted molar refractivity (Wildman–Crippen MR) is 78.4 cm³/mol. The molecule has 0 N–H and O–H groups in total. The summed E-state index contributed by atoms with van der Waals surface area (Å²) in [5, 5.41) is 0. The average Bonchev–Trinajstić information content (AvgIpc) is 2.33. The number of hydrogen-bond donors (Lipinski definition) is 0. The quantitative estimate of drug-likeness (QED) is 0.365. The Bertz CT molecular complexity index is 450. The molecule has 1 heteroatoms. The minimum absolute atomic E-state index is 0.819. The Morgan fingerprint density at radius 2 is 1.94 bits per heavy atom. The van der Waals surface area contributed by atoms with Gasteiger partial charge >= 0.3 is 0 Å². The average molecular weight is 225 g/mol. The van der Waals surface area contributed by atoms with Crippen LogP contribution in [0.15, 0.2) is 84.1 Å². The molecular formula is C16H19N. The van der Waals surface area contributed by atoms with Crippen LogP contribution in [-0.4, -0.2) is 12.8 Å². The molecule has 0 heterocycles. The lowest BCUT2D eigenvalue weighted by Gasteiger charge is -2.11. The highest BCUT2D eigenvalue weighted by Gasteiger charge is 2.10. The number of aliphatic imine (C=N–C) groups is 1. The molecule has 0 amide bonds. The van der Waals surface area contributed by atoms with Crippen molar-refractivity contribution in [2.75, 3.05) is 7.05 Å². The van der Waals surface area contributed by atoms with Crippen molar-refractivity contribution in [3.05, 3.63) is 79.1 Å². The Morgan fingerprint density at radius 1 is 1.29 bits per heavy atom. The van der Waals surface area contributed by atoms with Crippen molar-refractivity contribution < 1.29 is 0 Å². The van der Waals surface area contributed by atoms with Crippen molar-refractivity contribution in [3.8, 4) is 0 Å². The first-order valence-electron chi connectivity index (χ1n) is 5.30. The van der Waals surface area contributed by atoms with Crippen molar-refractivity contribution >= 4 is 5.71 Å². The topological polar surface area (TPSA) is 12.4 Å². The van der Waals surface area contributed by atoms with Gasteiger partial charge in [-0.3, -0.25) is 4.99 Å². The van der Waals surface area contributed by atoms with Gasteiger partial charge < -0.3 is 0 Å². The molecule has 0 radical (unpaired) electrons. The van der Waals surface area contributed by atoms with Crippen LogP contribution in [0.2, 0.25) is 0 Å². The van der Waals surface area contributed by atoms with Gasteiger partial charge in [-0.1, -0.05) is 50.6 Å². The van der Waals surface area contributed by atoms with E-state index in [2.05, 4.69) is 37.0 Å². The minimum atomic E-state index is 0.819. The maximum absolute atomic E-state index is 4.28. The Hall–Kier alpha value is -2.11. The molecule has 0 spiro atoms. The van der Waals surface area contributed by atoms with Crippen LogP contribution in [0.25, 0.3) is 0 Å². The molecule has 0 aromatic rings. The monoisotopic (exact) mass is 225 g/mol. The van der Waals surface area contributed by atoms with Gasteiger partial charge in [0.15, 0.2) is 0 Å². The molecule has 0 saturated heterocycles. The minimum Gasteiger partial charge on any atom is -0.287 e. The van der Waals surface area contributed by atoms with Gasteiger partial charge in [0.25, 0.3) is 0 Å². The van der Waals surface area contributed by atoms with Crippen molar-refractivity contribution in [1.82, 2.24) is 0 Å². The zero-order valence-electron chi connectivity index (χ0n) is 10.7. The number of hydrogen-bond acceptors (Lipinski definition) is 1. The van der Waals surface area contributed by atoms with E-state index in [4.69, 9.17) is 0 Å². The Kier molecular flexibility index (Phi) is 7.09. The fourth-order valence-electron chi connectivity index (χ4n) is 1.45. The van der Waals surface area contributed by atoms with Crippen molar-refractivity contribution in [3.63, 3.8) is 0 Å². The van der Waals surface area contributed by atoms with E-state index in [-0.39, 0.29) is 0 Å². The first kappa shape index (κ1) is 14.9. The standard InChI is InChI=1S/C16H19N/c1-7-11-13(5)15(10-4)16(17-6)14(9-3)12-8-2/h8-12H,1-3,5H2,4,6H3/b14-12-,15-10-,17-16?. The largest absolute Gasteiger partial charge is 0.287 e. The molecule has 0 saturated carbocycles. The SMILES string of the molecule is C=C=CC(=C)/C(=C/C)C(=NC)/C(C=C)=C\C=C. The summed E-state index contributed by atoms with van der Waals surface area (Å²) < 4.78 is 0. The molecule has 0 aliphatic heterocycles. The highest BCUT2D eigenvalue weighted by molar-refractivity contribution is 6.16. The molecule has 0 atom stereocenters. The van der Waals surface area contributed by atoms with E-state index >= 15 is 0 Å². The van der Waals surface area contributed by atoms with Crippen LogP contribution in [0.4, 0.5) is 0 Å². The molecule has 0 aromatic heterocycles. The molecule has 0 rings (SSSR count). The lowest BCUT2D eigenvalue weighted by Crippen LogP contribution is -2.06. The molecule has 0 unspecified atom stereocenters. The Morgan fingerprint density at radius 3 is 2.29 bits per heavy atom. The molecular weight excluding hydrogens is 206 g/mol. The normalized spacial score (nSPS) is 12.7. The summed E-state index contributed by atoms with van der Waals surface area (Å²) in [6.07, 6.45) is 9.01. The van der Waals surface area contributed by atoms with Crippen LogP contribution < -0.4 is 0 Å². The van der Waals surface area contributed by atoms with Gasteiger partial charge in [0.05, 0.1) is 5.71 Å². The van der Waals surface area contributed by atoms with E-state index in [1.807, 2.05) is 19.1 Å². The fourth-order valence-corrected chi connectivity index (χ4v) is 1.45. The molecule has 0 aromatic carbocycles. The summed E-state index contributed by atoms with van der Waals surface area (Å²) in [5.41, 5.74) is 6.22. The van der Waals surface area contributed by atoms with E-state index in [1.165, 1.54) is 0 Å². The highest BCUT2D eigenvalue weighted by atomic mass is 14.7. The molecule has 0 bridgehead atoms. The Balaban J connectivity index is 5.61. The summed E-state index contributed by atoms with van der Waals surface area (Å²) in [5.74, 6) is 0. The van der Waals surface area contributed by atoms with Crippen molar-refractivity contribution in [2.45, 2.75) is 6.92 Å². The van der Waals surface area contributed by atoms with E-state index in [0.29, 0.717) is 0 Å². The van der Waals surface area contributed by atoms with E-state index in [9.17, 15) is 0 Å². The van der Waals surface area contributed by atoms with E-state index in [1.54, 1.807) is 25.3 Å². The van der Waals surface area contributed by atoms with Gasteiger partial charge in [0.2, 0.25) is 0 Å². The molecule has 1 nitrogen and oxygen atoms in total. The van der Waals surface area contributed by atoms with Gasteiger partial charge in [-0.15, -0.1) is 5.73 Å². The zero-order chi connectivity index (χ0) is 13.3. The summed E-state index contributed by atoms with van der Waals surface area (Å²) in [4.78, 5) is 4.28. The number of rotatable bonds is 6. The Labute approximate surface area is 104 Å². The molecule has 88 valence electrons. The highest BCUT2D eigenvalue weighted by Crippen LogP contribution is 2.17. The van der Waals surface area contributed by atoms with E-state index < -0.39 is 0 Å². The maximum atomic E-state index is 4.28. The van der Waals surface area contributed by atoms with Gasteiger partial charge in [-0.05, 0) is 24.1 Å². The third kappa shape index (κ3) is 4.10. The van der Waals surface area contributed by atoms with Gasteiger partial charge in [0.1, 0.15) is 0 Å².